The van der Waals surface area contributed by atoms with Crippen molar-refractivity contribution in [3.05, 3.63) is 72.2 Å². The normalized spacial score (nSPS) is 10.7. The molecule has 0 atom stereocenters. The Morgan fingerprint density at radius 3 is 2.74 bits per heavy atom. The molecule has 1 heterocycles. The monoisotopic (exact) mass is 328 g/mol. The van der Waals surface area contributed by atoms with Crippen molar-refractivity contribution in [2.24, 2.45) is 0 Å². The molecule has 23 heavy (non-hydrogen) atoms. The van der Waals surface area contributed by atoms with Crippen LogP contribution in [0.25, 0.3) is 11.3 Å². The molecule has 0 saturated heterocycles. The second-order valence-electron chi connectivity index (χ2n) is 5.05. The van der Waals surface area contributed by atoms with Crippen LogP contribution in [0.4, 0.5) is 10.1 Å². The van der Waals surface area contributed by atoms with Gasteiger partial charge in [-0.2, -0.15) is 0 Å². The third-order valence-corrected chi connectivity index (χ3v) is 4.14. The van der Waals surface area contributed by atoms with Crippen molar-refractivity contribution in [1.82, 2.24) is 5.32 Å². The number of halogens is 1. The molecular formula is C18H17FN2OS. The standard InChI is InChI=1S/C18H17FN2OS/c1-20-12-13-7-8-16(18-6-3-9-22-18)17(10-13)21-23-15-5-2-4-14(19)11-15/h2-11,20-21H,12H2,1H3. The van der Waals surface area contributed by atoms with Crippen LogP contribution < -0.4 is 10.0 Å². The first-order chi connectivity index (χ1) is 11.3. The minimum Gasteiger partial charge on any atom is -0.464 e. The molecule has 2 aromatic carbocycles. The molecule has 0 amide bonds. The number of hydrogen-bond acceptors (Lipinski definition) is 4. The van der Waals surface area contributed by atoms with Crippen LogP contribution in [0, 0.1) is 5.82 Å². The Morgan fingerprint density at radius 1 is 1.09 bits per heavy atom. The van der Waals surface area contributed by atoms with Crippen molar-refractivity contribution >= 4 is 17.6 Å². The maximum absolute atomic E-state index is 13.3. The number of benzene rings is 2. The molecular weight excluding hydrogens is 311 g/mol. The number of rotatable bonds is 6. The van der Waals surface area contributed by atoms with E-state index in [-0.39, 0.29) is 5.82 Å². The summed E-state index contributed by atoms with van der Waals surface area (Å²) < 4.78 is 22.1. The maximum atomic E-state index is 13.3. The molecule has 2 N–H and O–H groups in total. The van der Waals surface area contributed by atoms with Gasteiger partial charge in [-0.15, -0.1) is 0 Å². The molecule has 1 aromatic heterocycles. The van der Waals surface area contributed by atoms with Crippen molar-refractivity contribution in [3.8, 4) is 11.3 Å². The van der Waals surface area contributed by atoms with Gasteiger partial charge in [-0.25, -0.2) is 4.39 Å². The predicted molar refractivity (Wildman–Crippen MR) is 92.8 cm³/mol. The first-order valence-corrected chi connectivity index (χ1v) is 8.08. The van der Waals surface area contributed by atoms with E-state index in [4.69, 9.17) is 4.42 Å². The number of hydrogen-bond donors (Lipinski definition) is 2. The fraction of sp³-hybridized carbons (Fsp3) is 0.111. The van der Waals surface area contributed by atoms with Crippen LogP contribution in [0.2, 0.25) is 0 Å². The lowest BCUT2D eigenvalue weighted by Gasteiger charge is -2.12. The highest BCUT2D eigenvalue weighted by molar-refractivity contribution is 8.00. The molecule has 3 rings (SSSR count). The molecule has 0 spiro atoms. The van der Waals surface area contributed by atoms with Crippen molar-refractivity contribution in [2.75, 3.05) is 11.8 Å². The lowest BCUT2D eigenvalue weighted by Crippen LogP contribution is -2.05. The van der Waals surface area contributed by atoms with Crippen LogP contribution in [-0.4, -0.2) is 7.05 Å². The van der Waals surface area contributed by atoms with E-state index in [9.17, 15) is 4.39 Å². The highest BCUT2D eigenvalue weighted by Gasteiger charge is 2.09. The zero-order valence-electron chi connectivity index (χ0n) is 12.7. The molecule has 0 saturated carbocycles. The summed E-state index contributed by atoms with van der Waals surface area (Å²) in [7, 11) is 1.91. The Hall–Kier alpha value is -2.24. The fourth-order valence-corrected chi connectivity index (χ4v) is 3.00. The second kappa shape index (κ2) is 7.35. The van der Waals surface area contributed by atoms with E-state index < -0.39 is 0 Å². The van der Waals surface area contributed by atoms with Crippen molar-refractivity contribution in [3.63, 3.8) is 0 Å². The predicted octanol–water partition coefficient (Wildman–Crippen LogP) is 4.92. The Bertz CT molecular complexity index is 774. The van der Waals surface area contributed by atoms with Gasteiger partial charge in [0.05, 0.1) is 12.0 Å². The molecule has 5 heteroatoms. The van der Waals surface area contributed by atoms with Gasteiger partial charge in [-0.1, -0.05) is 12.1 Å². The zero-order valence-corrected chi connectivity index (χ0v) is 13.5. The SMILES string of the molecule is CNCc1ccc(-c2ccco2)c(NSc2cccc(F)c2)c1. The van der Waals surface area contributed by atoms with Gasteiger partial charge >= 0.3 is 0 Å². The van der Waals surface area contributed by atoms with E-state index in [1.54, 1.807) is 12.3 Å². The van der Waals surface area contributed by atoms with Crippen LogP contribution >= 0.6 is 11.9 Å². The minimum atomic E-state index is -0.244. The van der Waals surface area contributed by atoms with Gasteiger partial charge in [0.2, 0.25) is 0 Å². The van der Waals surface area contributed by atoms with Gasteiger partial charge < -0.3 is 14.5 Å². The van der Waals surface area contributed by atoms with Crippen molar-refractivity contribution in [1.29, 1.82) is 0 Å². The molecule has 3 nitrogen and oxygen atoms in total. The van der Waals surface area contributed by atoms with Gasteiger partial charge in [-0.3, -0.25) is 0 Å². The van der Waals surface area contributed by atoms with Crippen LogP contribution in [-0.2, 0) is 6.54 Å². The largest absolute Gasteiger partial charge is 0.464 e. The number of anilines is 1. The summed E-state index contributed by atoms with van der Waals surface area (Å²) >= 11 is 1.37. The Kier molecular flexibility index (Phi) is 5.00. The molecule has 118 valence electrons. The number of nitrogens with one attached hydrogen (secondary N) is 2. The van der Waals surface area contributed by atoms with Crippen molar-refractivity contribution < 1.29 is 8.81 Å². The van der Waals surface area contributed by atoms with Crippen molar-refractivity contribution in [2.45, 2.75) is 11.4 Å². The average molecular weight is 328 g/mol. The quantitative estimate of drug-likeness (QED) is 0.630. The summed E-state index contributed by atoms with van der Waals surface area (Å²) in [5.74, 6) is 0.551. The third-order valence-electron chi connectivity index (χ3n) is 3.33. The average Bonchev–Trinajstić information content (AvgIpc) is 3.08. The summed E-state index contributed by atoms with van der Waals surface area (Å²) in [6, 6.07) is 16.4. The molecule has 3 aromatic rings. The minimum absolute atomic E-state index is 0.244. The first kappa shape index (κ1) is 15.6. The number of furan rings is 1. The van der Waals surface area contributed by atoms with E-state index in [0.29, 0.717) is 0 Å². The third kappa shape index (κ3) is 3.94. The summed E-state index contributed by atoms with van der Waals surface area (Å²) in [5, 5.41) is 3.14. The topological polar surface area (TPSA) is 37.2 Å². The molecule has 0 radical (unpaired) electrons. The lowest BCUT2D eigenvalue weighted by atomic mass is 10.1. The van der Waals surface area contributed by atoms with E-state index in [2.05, 4.69) is 22.2 Å². The van der Waals surface area contributed by atoms with E-state index >= 15 is 0 Å². The summed E-state index contributed by atoms with van der Waals surface area (Å²) in [5.41, 5.74) is 3.06. The first-order valence-electron chi connectivity index (χ1n) is 7.26. The highest BCUT2D eigenvalue weighted by Crippen LogP contribution is 2.32. The van der Waals surface area contributed by atoms with Gasteiger partial charge in [0.25, 0.3) is 0 Å². The van der Waals surface area contributed by atoms with E-state index in [1.807, 2.05) is 31.3 Å². The lowest BCUT2D eigenvalue weighted by molar-refractivity contribution is 0.582. The van der Waals surface area contributed by atoms with Crippen LogP contribution in [0.5, 0.6) is 0 Å². The Morgan fingerprint density at radius 2 is 2.00 bits per heavy atom. The molecule has 0 fully saturated rings. The smallest absolute Gasteiger partial charge is 0.135 e. The molecule has 0 aliphatic rings. The van der Waals surface area contributed by atoms with Gasteiger partial charge in [0.1, 0.15) is 11.6 Å². The highest BCUT2D eigenvalue weighted by atomic mass is 32.2. The second-order valence-corrected chi connectivity index (χ2v) is 5.93. The fourth-order valence-electron chi connectivity index (χ4n) is 2.28. The molecule has 0 aliphatic carbocycles. The van der Waals surface area contributed by atoms with Gasteiger partial charge in [0.15, 0.2) is 0 Å². The van der Waals surface area contributed by atoms with Crippen LogP contribution in [0.15, 0.2) is 70.2 Å². The van der Waals surface area contributed by atoms with E-state index in [1.165, 1.54) is 24.1 Å². The zero-order chi connectivity index (χ0) is 16.1. The van der Waals surface area contributed by atoms with Crippen LogP contribution in [0.3, 0.4) is 0 Å². The van der Waals surface area contributed by atoms with E-state index in [0.717, 1.165) is 34.0 Å². The Labute approximate surface area is 139 Å². The summed E-state index contributed by atoms with van der Waals surface area (Å²) in [4.78, 5) is 0.814. The summed E-state index contributed by atoms with van der Waals surface area (Å²) in [6.45, 7) is 0.776. The molecule has 0 bridgehead atoms. The maximum Gasteiger partial charge on any atom is 0.135 e. The molecule has 0 aliphatic heterocycles. The van der Waals surface area contributed by atoms with Gasteiger partial charge in [0, 0.05) is 17.0 Å². The summed E-state index contributed by atoms with van der Waals surface area (Å²) in [6.07, 6.45) is 1.65. The molecule has 0 unspecified atom stereocenters. The van der Waals surface area contributed by atoms with Crippen LogP contribution in [0.1, 0.15) is 5.56 Å². The van der Waals surface area contributed by atoms with Gasteiger partial charge in [-0.05, 0) is 67.0 Å². The Balaban J connectivity index is 1.87.